The molecule has 0 saturated carbocycles. The van der Waals surface area contributed by atoms with Crippen molar-refractivity contribution in [2.75, 3.05) is 0 Å². The summed E-state index contributed by atoms with van der Waals surface area (Å²) in [4.78, 5) is 11.7. The van der Waals surface area contributed by atoms with Crippen LogP contribution in [0.2, 0.25) is 0 Å². The molecule has 0 atom stereocenters. The van der Waals surface area contributed by atoms with Crippen molar-refractivity contribution in [2.24, 2.45) is 0 Å². The van der Waals surface area contributed by atoms with Crippen LogP contribution in [0.1, 0.15) is 11.1 Å². The zero-order chi connectivity index (χ0) is 16.5. The molecule has 0 aliphatic heterocycles. The molecule has 5 nitrogen and oxygen atoms in total. The molecule has 2 aromatic rings. The van der Waals surface area contributed by atoms with Crippen molar-refractivity contribution in [2.45, 2.75) is 4.75 Å². The molecule has 0 aliphatic carbocycles. The molecule has 0 saturated heterocycles. The first-order chi connectivity index (χ1) is 10.2. The Labute approximate surface area is 124 Å². The van der Waals surface area contributed by atoms with Crippen LogP contribution in [0.3, 0.4) is 0 Å². The lowest BCUT2D eigenvalue weighted by Gasteiger charge is -2.27. The summed E-state index contributed by atoms with van der Waals surface area (Å²) in [5, 5.41) is 9.48. The van der Waals surface area contributed by atoms with Gasteiger partial charge in [0.25, 0.3) is 10.1 Å². The average Bonchev–Trinajstić information content (AvgIpc) is 2.41. The summed E-state index contributed by atoms with van der Waals surface area (Å²) in [6.45, 7) is 0. The van der Waals surface area contributed by atoms with Gasteiger partial charge in [0.15, 0.2) is 0 Å². The second kappa shape index (κ2) is 5.47. The zero-order valence-corrected chi connectivity index (χ0v) is 11.7. The Morgan fingerprint density at radius 1 is 0.864 bits per heavy atom. The second-order valence-electron chi connectivity index (χ2n) is 4.48. The summed E-state index contributed by atoms with van der Waals surface area (Å²) in [6, 6.07) is 7.18. The molecule has 0 amide bonds. The van der Waals surface area contributed by atoms with Gasteiger partial charge in [0.1, 0.15) is 11.6 Å². The topological polar surface area (TPSA) is 91.7 Å². The first kappa shape index (κ1) is 16.1. The summed E-state index contributed by atoms with van der Waals surface area (Å²) in [5.74, 6) is -3.32. The van der Waals surface area contributed by atoms with Crippen molar-refractivity contribution < 1.29 is 31.7 Å². The molecular formula is C14H10F2O5S. The Balaban J connectivity index is 2.87. The molecular weight excluding hydrogens is 318 g/mol. The largest absolute Gasteiger partial charge is 0.479 e. The highest BCUT2D eigenvalue weighted by Crippen LogP contribution is 2.38. The minimum Gasteiger partial charge on any atom is -0.479 e. The number of aliphatic carboxylic acids is 1. The fourth-order valence-corrected chi connectivity index (χ4v) is 3.28. The molecule has 116 valence electrons. The van der Waals surface area contributed by atoms with Gasteiger partial charge >= 0.3 is 5.97 Å². The van der Waals surface area contributed by atoms with E-state index < -0.39 is 32.5 Å². The third kappa shape index (κ3) is 2.46. The van der Waals surface area contributed by atoms with Gasteiger partial charge in [-0.1, -0.05) is 24.3 Å². The quantitative estimate of drug-likeness (QED) is 0.839. The monoisotopic (exact) mass is 328 g/mol. The van der Waals surface area contributed by atoms with Crippen LogP contribution in [0.25, 0.3) is 0 Å². The van der Waals surface area contributed by atoms with E-state index in [9.17, 15) is 31.7 Å². The summed E-state index contributed by atoms with van der Waals surface area (Å²) in [6.07, 6.45) is 0. The van der Waals surface area contributed by atoms with Gasteiger partial charge < -0.3 is 5.11 Å². The summed E-state index contributed by atoms with van der Waals surface area (Å²) < 4.78 is 56.4. The number of halogens is 2. The van der Waals surface area contributed by atoms with Crippen LogP contribution >= 0.6 is 0 Å². The Morgan fingerprint density at radius 3 is 1.41 bits per heavy atom. The molecule has 2 N–H and O–H groups in total. The number of carboxylic acid groups (broad SMARTS) is 1. The lowest BCUT2D eigenvalue weighted by molar-refractivity contribution is -0.139. The fraction of sp³-hybridized carbons (Fsp3) is 0.0714. The highest BCUT2D eigenvalue weighted by atomic mass is 32.2. The fourth-order valence-electron chi connectivity index (χ4n) is 2.19. The molecule has 8 heteroatoms. The molecule has 0 heterocycles. The molecule has 0 spiro atoms. The van der Waals surface area contributed by atoms with Crippen LogP contribution in [0.15, 0.2) is 48.5 Å². The highest BCUT2D eigenvalue weighted by Gasteiger charge is 2.54. The number of benzene rings is 2. The molecule has 0 aliphatic rings. The maximum Gasteiger partial charge on any atom is 0.336 e. The van der Waals surface area contributed by atoms with E-state index in [1.807, 2.05) is 0 Å². The smallest absolute Gasteiger partial charge is 0.336 e. The molecule has 2 aromatic carbocycles. The number of hydrogen-bond acceptors (Lipinski definition) is 3. The first-order valence-electron chi connectivity index (χ1n) is 5.92. The summed E-state index contributed by atoms with van der Waals surface area (Å²) in [5.41, 5.74) is -0.758. The molecule has 0 unspecified atom stereocenters. The number of rotatable bonds is 4. The van der Waals surface area contributed by atoms with Crippen LogP contribution in [0, 0.1) is 11.6 Å². The van der Waals surface area contributed by atoms with Crippen LogP contribution in [-0.4, -0.2) is 24.0 Å². The summed E-state index contributed by atoms with van der Waals surface area (Å²) >= 11 is 0. The van der Waals surface area contributed by atoms with Gasteiger partial charge in [-0.15, -0.1) is 0 Å². The predicted molar refractivity (Wildman–Crippen MR) is 72.8 cm³/mol. The van der Waals surface area contributed by atoms with Gasteiger partial charge in [0.05, 0.1) is 0 Å². The van der Waals surface area contributed by atoms with E-state index in [2.05, 4.69) is 0 Å². The number of carboxylic acids is 1. The Morgan fingerprint density at radius 2 is 1.18 bits per heavy atom. The molecule has 2 rings (SSSR count). The van der Waals surface area contributed by atoms with Gasteiger partial charge in [-0.05, 0) is 35.4 Å². The van der Waals surface area contributed by atoms with Crippen LogP contribution in [0.5, 0.6) is 0 Å². The van der Waals surface area contributed by atoms with Crippen molar-refractivity contribution in [3.8, 4) is 0 Å². The first-order valence-corrected chi connectivity index (χ1v) is 7.36. The SMILES string of the molecule is O=C(O)C(c1ccc(F)cc1)(c1ccc(F)cc1)S(=O)(=O)O. The zero-order valence-electron chi connectivity index (χ0n) is 10.9. The van der Waals surface area contributed by atoms with E-state index in [1.54, 1.807) is 0 Å². The predicted octanol–water partition coefficient (Wildman–Crippen LogP) is 2.18. The van der Waals surface area contributed by atoms with Crippen molar-refractivity contribution in [1.29, 1.82) is 0 Å². The average molecular weight is 328 g/mol. The number of carbonyl (C=O) groups is 1. The van der Waals surface area contributed by atoms with Gasteiger partial charge in [-0.2, -0.15) is 8.42 Å². The van der Waals surface area contributed by atoms with Gasteiger partial charge in [0.2, 0.25) is 4.75 Å². The Bertz CT molecular complexity index is 753. The standard InChI is InChI=1S/C14H10F2O5S/c15-11-5-1-9(2-6-11)14(13(17)18,22(19,20)21)10-3-7-12(16)8-4-10/h1-8H,(H,17,18)(H,19,20,21). The number of hydrogen-bond donors (Lipinski definition) is 2. The van der Waals surface area contributed by atoms with Gasteiger partial charge in [-0.3, -0.25) is 4.55 Å². The maximum absolute atomic E-state index is 13.0. The van der Waals surface area contributed by atoms with Crippen molar-refractivity contribution in [1.82, 2.24) is 0 Å². The maximum atomic E-state index is 13.0. The third-order valence-electron chi connectivity index (χ3n) is 3.19. The van der Waals surface area contributed by atoms with Gasteiger partial charge in [-0.25, -0.2) is 13.6 Å². The van der Waals surface area contributed by atoms with E-state index >= 15 is 0 Å². The lowest BCUT2D eigenvalue weighted by atomic mass is 9.90. The molecule has 0 fully saturated rings. The van der Waals surface area contributed by atoms with Crippen LogP contribution in [0.4, 0.5) is 8.78 Å². The van der Waals surface area contributed by atoms with E-state index in [0.29, 0.717) is 0 Å². The second-order valence-corrected chi connectivity index (χ2v) is 6.04. The van der Waals surface area contributed by atoms with E-state index in [-0.39, 0.29) is 11.1 Å². The van der Waals surface area contributed by atoms with E-state index in [4.69, 9.17) is 0 Å². The van der Waals surface area contributed by atoms with Gasteiger partial charge in [0, 0.05) is 0 Å². The van der Waals surface area contributed by atoms with E-state index in [0.717, 1.165) is 48.5 Å². The molecule has 0 aromatic heterocycles. The minimum absolute atomic E-state index is 0.379. The minimum atomic E-state index is -5.20. The molecule has 0 bridgehead atoms. The Hall–Kier alpha value is -2.32. The van der Waals surface area contributed by atoms with Crippen molar-refractivity contribution in [3.63, 3.8) is 0 Å². The third-order valence-corrected chi connectivity index (χ3v) is 4.61. The van der Waals surface area contributed by atoms with E-state index in [1.165, 1.54) is 0 Å². The lowest BCUT2D eigenvalue weighted by Crippen LogP contribution is -2.44. The summed E-state index contributed by atoms with van der Waals surface area (Å²) in [7, 11) is -5.20. The normalized spacial score (nSPS) is 12.1. The molecule has 0 radical (unpaired) electrons. The van der Waals surface area contributed by atoms with Crippen LogP contribution in [-0.2, 0) is 19.7 Å². The van der Waals surface area contributed by atoms with Crippen LogP contribution < -0.4 is 0 Å². The van der Waals surface area contributed by atoms with Crippen molar-refractivity contribution in [3.05, 3.63) is 71.3 Å². The van der Waals surface area contributed by atoms with Crippen molar-refractivity contribution >= 4 is 16.1 Å². The highest BCUT2D eigenvalue weighted by molar-refractivity contribution is 7.87. The molecule has 22 heavy (non-hydrogen) atoms. The Kier molecular flexibility index (Phi) is 3.99.